The van der Waals surface area contributed by atoms with Gasteiger partial charge in [0.15, 0.2) is 11.5 Å². The first kappa shape index (κ1) is 17.9. The maximum atomic E-state index is 14.6. The lowest BCUT2D eigenvalue weighted by atomic mass is 9.84. The van der Waals surface area contributed by atoms with E-state index in [4.69, 9.17) is 5.73 Å². The Kier molecular flexibility index (Phi) is 4.34. The van der Waals surface area contributed by atoms with E-state index in [9.17, 15) is 9.18 Å². The summed E-state index contributed by atoms with van der Waals surface area (Å²) in [6.07, 6.45) is 9.41. The maximum absolute atomic E-state index is 14.6. The number of halogens is 1. The smallest absolute Gasteiger partial charge is 0.277 e. The van der Waals surface area contributed by atoms with Gasteiger partial charge in [0, 0.05) is 29.9 Å². The predicted molar refractivity (Wildman–Crippen MR) is 106 cm³/mol. The molecule has 0 atom stereocenters. The zero-order chi connectivity index (χ0) is 20.0. The van der Waals surface area contributed by atoms with Crippen molar-refractivity contribution in [1.82, 2.24) is 25.1 Å². The van der Waals surface area contributed by atoms with Crippen LogP contribution in [0.2, 0.25) is 0 Å². The first-order valence-electron chi connectivity index (χ1n) is 9.99. The lowest BCUT2D eigenvalue weighted by Gasteiger charge is -2.46. The summed E-state index contributed by atoms with van der Waals surface area (Å²) in [5, 5.41) is 8.82. The summed E-state index contributed by atoms with van der Waals surface area (Å²) in [7, 11) is 0. The number of aromatic nitrogens is 4. The van der Waals surface area contributed by atoms with Crippen LogP contribution in [0.1, 0.15) is 49.0 Å². The molecule has 2 fully saturated rings. The standard InChI is InChI=1S/C21H21FN6O/c22-15-9-8-14-17(23)19(21(29)28(12-4-1-5-12)13-6-2-7-13)27-26-18(14)16(15)20-24-10-3-11-25-20/h3,8-13H,1-2,4-7H2,(H2,23,26). The highest BCUT2D eigenvalue weighted by Crippen LogP contribution is 2.37. The normalized spacial score (nSPS) is 17.0. The summed E-state index contributed by atoms with van der Waals surface area (Å²) >= 11 is 0. The molecule has 1 aromatic carbocycles. The molecule has 0 saturated heterocycles. The SMILES string of the molecule is Nc1c(C(=O)N(C2CCC2)C2CCC2)nnc2c(-c3ncccn3)c(F)ccc12. The zero-order valence-corrected chi connectivity index (χ0v) is 15.9. The van der Waals surface area contributed by atoms with Crippen LogP contribution >= 0.6 is 0 Å². The molecule has 2 saturated carbocycles. The third-order valence-corrected chi connectivity index (χ3v) is 6.09. The third-order valence-electron chi connectivity index (χ3n) is 6.09. The van der Waals surface area contributed by atoms with Gasteiger partial charge in [-0.2, -0.15) is 0 Å². The van der Waals surface area contributed by atoms with E-state index >= 15 is 0 Å². The highest BCUT2D eigenvalue weighted by atomic mass is 19.1. The quantitative estimate of drug-likeness (QED) is 0.731. The third kappa shape index (κ3) is 2.90. The molecule has 2 aliphatic rings. The molecule has 7 nitrogen and oxygen atoms in total. The van der Waals surface area contributed by atoms with E-state index in [1.165, 1.54) is 24.5 Å². The summed E-state index contributed by atoms with van der Waals surface area (Å²) in [4.78, 5) is 23.6. The van der Waals surface area contributed by atoms with Gasteiger partial charge in [-0.25, -0.2) is 14.4 Å². The number of nitrogens with zero attached hydrogens (tertiary/aromatic N) is 5. The zero-order valence-electron chi connectivity index (χ0n) is 15.9. The van der Waals surface area contributed by atoms with Crippen LogP contribution in [0.4, 0.5) is 10.1 Å². The molecule has 148 valence electrons. The van der Waals surface area contributed by atoms with Crippen LogP contribution in [-0.4, -0.2) is 43.1 Å². The number of rotatable bonds is 4. The van der Waals surface area contributed by atoms with Crippen molar-refractivity contribution < 1.29 is 9.18 Å². The summed E-state index contributed by atoms with van der Waals surface area (Å²) in [5.41, 5.74) is 7.11. The summed E-state index contributed by atoms with van der Waals surface area (Å²) in [5.74, 6) is -0.482. The molecular weight excluding hydrogens is 371 g/mol. The van der Waals surface area contributed by atoms with E-state index in [1.807, 2.05) is 4.90 Å². The minimum absolute atomic E-state index is 0.135. The second kappa shape index (κ2) is 7.02. The molecule has 0 aliphatic heterocycles. The molecule has 2 N–H and O–H groups in total. The second-order valence-corrected chi connectivity index (χ2v) is 7.74. The Morgan fingerprint density at radius 3 is 2.28 bits per heavy atom. The van der Waals surface area contributed by atoms with Crippen LogP contribution < -0.4 is 5.73 Å². The summed E-state index contributed by atoms with van der Waals surface area (Å²) < 4.78 is 14.6. The van der Waals surface area contributed by atoms with E-state index in [2.05, 4.69) is 20.2 Å². The minimum atomic E-state index is -0.512. The van der Waals surface area contributed by atoms with Gasteiger partial charge in [0.2, 0.25) is 0 Å². The Bertz CT molecular complexity index is 1070. The number of carbonyl (C=O) groups excluding carboxylic acids is 1. The van der Waals surface area contributed by atoms with Crippen LogP contribution in [-0.2, 0) is 0 Å². The Morgan fingerprint density at radius 1 is 1.03 bits per heavy atom. The number of carbonyl (C=O) groups is 1. The summed E-state index contributed by atoms with van der Waals surface area (Å²) in [6, 6.07) is 5.00. The van der Waals surface area contributed by atoms with Gasteiger partial charge in [0.05, 0.1) is 11.3 Å². The van der Waals surface area contributed by atoms with Crippen molar-refractivity contribution in [3.05, 3.63) is 42.1 Å². The van der Waals surface area contributed by atoms with E-state index in [-0.39, 0.29) is 46.3 Å². The van der Waals surface area contributed by atoms with Crippen molar-refractivity contribution in [2.75, 3.05) is 5.73 Å². The van der Waals surface area contributed by atoms with Crippen molar-refractivity contribution in [2.45, 2.75) is 50.6 Å². The predicted octanol–water partition coefficient (Wildman–Crippen LogP) is 3.36. The molecule has 3 aromatic rings. The van der Waals surface area contributed by atoms with Crippen LogP contribution in [0, 0.1) is 5.82 Å². The Hall–Kier alpha value is -3.16. The van der Waals surface area contributed by atoms with Crippen molar-refractivity contribution in [2.24, 2.45) is 0 Å². The highest BCUT2D eigenvalue weighted by molar-refractivity contribution is 6.07. The number of benzene rings is 1. The summed E-state index contributed by atoms with van der Waals surface area (Å²) in [6.45, 7) is 0. The fraction of sp³-hybridized carbons (Fsp3) is 0.381. The number of nitrogen functional groups attached to an aromatic ring is 1. The molecule has 0 bridgehead atoms. The van der Waals surface area contributed by atoms with Gasteiger partial charge >= 0.3 is 0 Å². The molecule has 8 heteroatoms. The number of anilines is 1. The molecule has 0 unspecified atom stereocenters. The Balaban J connectivity index is 1.60. The van der Waals surface area contributed by atoms with Gasteiger partial charge in [-0.3, -0.25) is 4.79 Å². The van der Waals surface area contributed by atoms with Gasteiger partial charge in [0.1, 0.15) is 11.3 Å². The van der Waals surface area contributed by atoms with Crippen LogP contribution in [0.5, 0.6) is 0 Å². The molecule has 2 aliphatic carbocycles. The van der Waals surface area contributed by atoms with Crippen LogP contribution in [0.25, 0.3) is 22.3 Å². The lowest BCUT2D eigenvalue weighted by Crippen LogP contribution is -2.53. The average Bonchev–Trinajstić information content (AvgIpc) is 2.65. The van der Waals surface area contributed by atoms with Crippen molar-refractivity contribution in [1.29, 1.82) is 0 Å². The molecule has 2 heterocycles. The topological polar surface area (TPSA) is 97.9 Å². The fourth-order valence-electron chi connectivity index (χ4n) is 4.05. The first-order valence-corrected chi connectivity index (χ1v) is 9.99. The van der Waals surface area contributed by atoms with Gasteiger partial charge in [0.25, 0.3) is 5.91 Å². The van der Waals surface area contributed by atoms with Crippen molar-refractivity contribution in [3.63, 3.8) is 0 Å². The average molecular weight is 392 g/mol. The van der Waals surface area contributed by atoms with Crippen molar-refractivity contribution >= 4 is 22.5 Å². The van der Waals surface area contributed by atoms with Gasteiger partial charge in [-0.05, 0) is 56.7 Å². The number of hydrogen-bond acceptors (Lipinski definition) is 6. The molecule has 0 spiro atoms. The maximum Gasteiger partial charge on any atom is 0.277 e. The van der Waals surface area contributed by atoms with Gasteiger partial charge < -0.3 is 10.6 Å². The number of fused-ring (bicyclic) bond motifs is 1. The Morgan fingerprint density at radius 2 is 1.69 bits per heavy atom. The minimum Gasteiger partial charge on any atom is -0.396 e. The van der Waals surface area contributed by atoms with Gasteiger partial charge in [-0.1, -0.05) is 0 Å². The van der Waals surface area contributed by atoms with Gasteiger partial charge in [-0.15, -0.1) is 10.2 Å². The van der Waals surface area contributed by atoms with E-state index in [0.29, 0.717) is 5.39 Å². The van der Waals surface area contributed by atoms with Crippen molar-refractivity contribution in [3.8, 4) is 11.4 Å². The second-order valence-electron chi connectivity index (χ2n) is 7.74. The Labute approximate surface area is 167 Å². The number of nitrogens with two attached hydrogens (primary N) is 1. The molecule has 5 rings (SSSR count). The van der Waals surface area contributed by atoms with E-state index < -0.39 is 5.82 Å². The molecule has 2 aromatic heterocycles. The largest absolute Gasteiger partial charge is 0.396 e. The molecule has 29 heavy (non-hydrogen) atoms. The highest BCUT2D eigenvalue weighted by Gasteiger charge is 2.38. The first-order chi connectivity index (χ1) is 14.1. The number of amides is 1. The monoisotopic (exact) mass is 392 g/mol. The van der Waals surface area contributed by atoms with E-state index in [1.54, 1.807) is 6.07 Å². The molecular formula is C21H21FN6O. The van der Waals surface area contributed by atoms with Crippen LogP contribution in [0.15, 0.2) is 30.6 Å². The lowest BCUT2D eigenvalue weighted by molar-refractivity contribution is 0.0280. The molecule has 1 amide bonds. The van der Waals surface area contributed by atoms with E-state index in [0.717, 1.165) is 38.5 Å². The fourth-order valence-corrected chi connectivity index (χ4v) is 4.05. The van der Waals surface area contributed by atoms with Crippen LogP contribution in [0.3, 0.4) is 0 Å². The number of hydrogen-bond donors (Lipinski definition) is 1. The molecule has 0 radical (unpaired) electrons.